The summed E-state index contributed by atoms with van der Waals surface area (Å²) >= 11 is 15.6. The number of hydrazone groups is 1. The van der Waals surface area contributed by atoms with Gasteiger partial charge in [-0.25, -0.2) is 10.4 Å². The molecule has 0 aliphatic heterocycles. The number of carbonyl (C=O) groups excluding carboxylic acids is 2. The Labute approximate surface area is 258 Å². The van der Waals surface area contributed by atoms with E-state index in [0.717, 1.165) is 16.3 Å². The number of hydrogen-bond donors (Lipinski definition) is 2. The van der Waals surface area contributed by atoms with Crippen LogP contribution in [0.25, 0.3) is 11.3 Å². The highest BCUT2D eigenvalue weighted by Crippen LogP contribution is 2.34. The lowest BCUT2D eigenvalue weighted by Crippen LogP contribution is -2.20. The van der Waals surface area contributed by atoms with E-state index in [-0.39, 0.29) is 18.4 Å². The molecule has 12 heteroatoms. The molecule has 0 fully saturated rings. The Balaban J connectivity index is 1.38. The van der Waals surface area contributed by atoms with Crippen molar-refractivity contribution in [1.29, 1.82) is 0 Å². The molecule has 0 aliphatic rings. The quantitative estimate of drug-likeness (QED) is 0.103. The number of halogens is 3. The van der Waals surface area contributed by atoms with E-state index in [2.05, 4.69) is 43.4 Å². The molecule has 0 unspecified atom stereocenters. The molecule has 3 aromatic carbocycles. The lowest BCUT2D eigenvalue weighted by Gasteiger charge is -2.14. The summed E-state index contributed by atoms with van der Waals surface area (Å²) in [7, 11) is 0. The molecule has 0 saturated carbocycles. The monoisotopic (exact) mass is 708 g/mol. The van der Waals surface area contributed by atoms with Gasteiger partial charge in [-0.15, -0.1) is 11.3 Å². The molecule has 0 radical (unpaired) electrons. The molecular formula is C28H23Cl2IN4O4S. The second-order valence-corrected chi connectivity index (χ2v) is 11.3. The number of carbonyl (C=O) groups is 2. The van der Waals surface area contributed by atoms with Gasteiger partial charge in [-0.2, -0.15) is 5.10 Å². The Morgan fingerprint density at radius 1 is 1.07 bits per heavy atom. The summed E-state index contributed by atoms with van der Waals surface area (Å²) in [4.78, 5) is 29.4. The molecule has 0 spiro atoms. The number of thiazole rings is 1. The van der Waals surface area contributed by atoms with Gasteiger partial charge in [-0.05, 0) is 84.5 Å². The van der Waals surface area contributed by atoms with Gasteiger partial charge in [0, 0.05) is 22.2 Å². The van der Waals surface area contributed by atoms with Crippen LogP contribution in [0.3, 0.4) is 0 Å². The fourth-order valence-electron chi connectivity index (χ4n) is 3.49. The number of anilines is 1. The lowest BCUT2D eigenvalue weighted by molar-refractivity contribution is -0.118. The number of nitrogens with one attached hydrogen (secondary N) is 2. The topological polar surface area (TPSA) is 102 Å². The minimum Gasteiger partial charge on any atom is -0.490 e. The van der Waals surface area contributed by atoms with Crippen molar-refractivity contribution in [2.75, 3.05) is 18.5 Å². The summed E-state index contributed by atoms with van der Waals surface area (Å²) in [6.45, 7) is 3.93. The molecule has 8 nitrogen and oxygen atoms in total. The van der Waals surface area contributed by atoms with Crippen LogP contribution in [0.15, 0.2) is 65.1 Å². The van der Waals surface area contributed by atoms with Crippen molar-refractivity contribution in [1.82, 2.24) is 10.4 Å². The Bertz CT molecular complexity index is 1560. The SMILES string of the molecule is CCOc1cc(/C=N/NC(=O)c2ccc(-c3csc(C)n3)cc2)cc(I)c1OCC(=O)Nc1ccc(Cl)c(Cl)c1. The minimum atomic E-state index is -0.375. The molecule has 2 N–H and O–H groups in total. The number of nitrogens with zero attached hydrogens (tertiary/aromatic N) is 2. The second kappa shape index (κ2) is 13.9. The predicted molar refractivity (Wildman–Crippen MR) is 168 cm³/mol. The molecule has 4 rings (SSSR count). The van der Waals surface area contributed by atoms with Crippen molar-refractivity contribution in [3.63, 3.8) is 0 Å². The zero-order valence-electron chi connectivity index (χ0n) is 21.3. The van der Waals surface area contributed by atoms with E-state index < -0.39 is 0 Å². The van der Waals surface area contributed by atoms with Crippen LogP contribution in [0.1, 0.15) is 27.9 Å². The third-order valence-electron chi connectivity index (χ3n) is 5.32. The van der Waals surface area contributed by atoms with Gasteiger partial charge in [0.15, 0.2) is 18.1 Å². The molecule has 1 heterocycles. The average Bonchev–Trinajstić information content (AvgIpc) is 3.36. The zero-order chi connectivity index (χ0) is 28.6. The highest BCUT2D eigenvalue weighted by molar-refractivity contribution is 14.1. The predicted octanol–water partition coefficient (Wildman–Crippen LogP) is 7.21. The van der Waals surface area contributed by atoms with Gasteiger partial charge >= 0.3 is 0 Å². The summed E-state index contributed by atoms with van der Waals surface area (Å²) in [5.41, 5.74) is 6.01. The van der Waals surface area contributed by atoms with Gasteiger partial charge in [0.05, 0.1) is 37.1 Å². The molecule has 0 bridgehead atoms. The third-order valence-corrected chi connectivity index (χ3v) is 7.64. The van der Waals surface area contributed by atoms with Crippen molar-refractivity contribution in [3.05, 3.63) is 89.7 Å². The first-order chi connectivity index (χ1) is 19.2. The molecule has 206 valence electrons. The summed E-state index contributed by atoms with van der Waals surface area (Å²) in [5, 5.41) is 10.5. The van der Waals surface area contributed by atoms with Gasteiger partial charge < -0.3 is 14.8 Å². The van der Waals surface area contributed by atoms with Crippen molar-refractivity contribution in [2.45, 2.75) is 13.8 Å². The summed E-state index contributed by atoms with van der Waals surface area (Å²) in [5.74, 6) is 0.144. The first kappa shape index (κ1) is 29.8. The molecule has 40 heavy (non-hydrogen) atoms. The van der Waals surface area contributed by atoms with E-state index in [0.29, 0.717) is 48.5 Å². The van der Waals surface area contributed by atoms with E-state index in [1.165, 1.54) is 6.21 Å². The maximum atomic E-state index is 12.6. The van der Waals surface area contributed by atoms with Crippen LogP contribution in [-0.2, 0) is 4.79 Å². The Morgan fingerprint density at radius 3 is 2.52 bits per heavy atom. The van der Waals surface area contributed by atoms with Gasteiger partial charge in [-0.3, -0.25) is 9.59 Å². The van der Waals surface area contributed by atoms with E-state index in [1.54, 1.807) is 53.8 Å². The normalized spacial score (nSPS) is 10.9. The molecule has 0 aliphatic carbocycles. The van der Waals surface area contributed by atoms with Crippen LogP contribution in [0.4, 0.5) is 5.69 Å². The maximum Gasteiger partial charge on any atom is 0.271 e. The fraction of sp³-hybridized carbons (Fsp3) is 0.143. The maximum absolute atomic E-state index is 12.6. The number of aromatic nitrogens is 1. The lowest BCUT2D eigenvalue weighted by atomic mass is 10.1. The molecule has 0 saturated heterocycles. The number of amides is 2. The molecule has 1 aromatic heterocycles. The van der Waals surface area contributed by atoms with Crippen molar-refractivity contribution in [2.24, 2.45) is 5.10 Å². The highest BCUT2D eigenvalue weighted by Gasteiger charge is 2.15. The highest BCUT2D eigenvalue weighted by atomic mass is 127. The van der Waals surface area contributed by atoms with E-state index in [4.69, 9.17) is 32.7 Å². The van der Waals surface area contributed by atoms with Crippen molar-refractivity contribution >= 4 is 80.8 Å². The third kappa shape index (κ3) is 7.94. The van der Waals surface area contributed by atoms with Crippen LogP contribution in [0.2, 0.25) is 10.0 Å². The van der Waals surface area contributed by atoms with Gasteiger partial charge in [-0.1, -0.05) is 35.3 Å². The Morgan fingerprint density at radius 2 is 1.85 bits per heavy atom. The van der Waals surface area contributed by atoms with E-state index in [9.17, 15) is 9.59 Å². The van der Waals surface area contributed by atoms with Crippen LogP contribution in [0.5, 0.6) is 11.5 Å². The van der Waals surface area contributed by atoms with Crippen molar-refractivity contribution in [3.8, 4) is 22.8 Å². The minimum absolute atomic E-state index is 0.249. The molecule has 0 atom stereocenters. The van der Waals surface area contributed by atoms with Gasteiger partial charge in [0.2, 0.25) is 0 Å². The molecule has 4 aromatic rings. The van der Waals surface area contributed by atoms with Crippen LogP contribution >= 0.6 is 57.1 Å². The summed E-state index contributed by atoms with van der Waals surface area (Å²) < 4.78 is 12.2. The first-order valence-electron chi connectivity index (χ1n) is 11.9. The first-order valence-corrected chi connectivity index (χ1v) is 14.6. The fourth-order valence-corrected chi connectivity index (χ4v) is 5.19. The van der Waals surface area contributed by atoms with Gasteiger partial charge in [0.25, 0.3) is 11.8 Å². The summed E-state index contributed by atoms with van der Waals surface area (Å²) in [6.07, 6.45) is 1.51. The van der Waals surface area contributed by atoms with Crippen LogP contribution < -0.4 is 20.2 Å². The van der Waals surface area contributed by atoms with E-state index in [1.807, 2.05) is 31.4 Å². The number of ether oxygens (including phenoxy) is 2. The largest absolute Gasteiger partial charge is 0.490 e. The summed E-state index contributed by atoms with van der Waals surface area (Å²) in [6, 6.07) is 15.5. The zero-order valence-corrected chi connectivity index (χ0v) is 25.8. The van der Waals surface area contributed by atoms with Gasteiger partial charge in [0.1, 0.15) is 0 Å². The number of benzene rings is 3. The smallest absolute Gasteiger partial charge is 0.271 e. The van der Waals surface area contributed by atoms with E-state index >= 15 is 0 Å². The van der Waals surface area contributed by atoms with Crippen molar-refractivity contribution < 1.29 is 19.1 Å². The Kier molecular flexibility index (Phi) is 10.4. The number of aryl methyl sites for hydroxylation is 1. The molecule has 2 amide bonds. The number of hydrogen-bond acceptors (Lipinski definition) is 7. The average molecular weight is 709 g/mol. The Hall–Kier alpha value is -3.19. The van der Waals surface area contributed by atoms with Crippen LogP contribution in [0, 0.1) is 10.5 Å². The second-order valence-electron chi connectivity index (χ2n) is 8.26. The standard InChI is InChI=1S/C28H23Cl2IN4O4S/c1-3-38-25-11-17(10-23(31)27(25)39-14-26(36)34-20-8-9-21(29)22(30)12-20)13-32-35-28(37)19-6-4-18(5-7-19)24-15-40-16(2)33-24/h4-13,15H,3,14H2,1-2H3,(H,34,36)(H,35,37)/b32-13+. The molecular weight excluding hydrogens is 686 g/mol. The number of rotatable bonds is 10. The van der Waals surface area contributed by atoms with Crippen LogP contribution in [-0.4, -0.2) is 36.2 Å².